The molecule has 2 heterocycles. The summed E-state index contributed by atoms with van der Waals surface area (Å²) >= 11 is 0. The van der Waals surface area contributed by atoms with Crippen molar-refractivity contribution in [2.45, 2.75) is 45.8 Å². The lowest BCUT2D eigenvalue weighted by molar-refractivity contribution is 0.0231. The fraction of sp³-hybridized carbons (Fsp3) is 0.615. The Hall–Kier alpha value is -1.67. The topological polar surface area (TPSA) is 70.8 Å². The highest BCUT2D eigenvalue weighted by Crippen LogP contribution is 2.22. The molecular formula is C13H18N4O. The van der Waals surface area contributed by atoms with Gasteiger partial charge in [-0.25, -0.2) is 0 Å². The Morgan fingerprint density at radius 2 is 2.17 bits per heavy atom. The minimum Gasteiger partial charge on any atom is -0.378 e. The zero-order valence-corrected chi connectivity index (χ0v) is 11.0. The third kappa shape index (κ3) is 2.59. The zero-order chi connectivity index (χ0) is 13.1. The number of rotatable bonds is 2. The average Bonchev–Trinajstić information content (AvgIpc) is 2.34. The fourth-order valence-corrected chi connectivity index (χ4v) is 2.17. The van der Waals surface area contributed by atoms with Crippen LogP contribution in [0.5, 0.6) is 0 Å². The number of hydrogen-bond donors (Lipinski definition) is 1. The Morgan fingerprint density at radius 3 is 2.83 bits per heavy atom. The summed E-state index contributed by atoms with van der Waals surface area (Å²) in [4.78, 5) is 0. The van der Waals surface area contributed by atoms with Crippen molar-refractivity contribution in [1.82, 2.24) is 10.2 Å². The first-order valence-electron chi connectivity index (χ1n) is 6.24. The largest absolute Gasteiger partial charge is 0.378 e. The van der Waals surface area contributed by atoms with Gasteiger partial charge in [0.15, 0.2) is 5.82 Å². The number of aryl methyl sites for hydroxylation is 1. The molecule has 5 nitrogen and oxygen atoms in total. The standard InChI is InChI=1S/C13H18N4O/c1-8-6-11(4-5-18-8)15-13-12(7-14)9(2)10(3)16-17-13/h8,11H,4-6H2,1-3H3,(H,15,17). The molecule has 0 aliphatic carbocycles. The normalized spacial score (nSPS) is 23.4. The summed E-state index contributed by atoms with van der Waals surface area (Å²) in [5.74, 6) is 0.597. The summed E-state index contributed by atoms with van der Waals surface area (Å²) in [6.07, 6.45) is 2.12. The number of anilines is 1. The molecule has 0 amide bonds. The average molecular weight is 246 g/mol. The Labute approximate surface area is 107 Å². The molecule has 0 bridgehead atoms. The van der Waals surface area contributed by atoms with Crippen LogP contribution in [0.15, 0.2) is 0 Å². The number of nitriles is 1. The molecule has 18 heavy (non-hydrogen) atoms. The molecule has 2 unspecified atom stereocenters. The van der Waals surface area contributed by atoms with Crippen LogP contribution >= 0.6 is 0 Å². The van der Waals surface area contributed by atoms with E-state index in [-0.39, 0.29) is 6.10 Å². The van der Waals surface area contributed by atoms with E-state index in [0.29, 0.717) is 17.4 Å². The summed E-state index contributed by atoms with van der Waals surface area (Å²) in [5.41, 5.74) is 2.30. The van der Waals surface area contributed by atoms with E-state index in [4.69, 9.17) is 4.74 Å². The second-order valence-electron chi connectivity index (χ2n) is 4.79. The molecule has 1 aromatic rings. The highest BCUT2D eigenvalue weighted by Gasteiger charge is 2.21. The first kappa shape index (κ1) is 12.8. The van der Waals surface area contributed by atoms with Crippen molar-refractivity contribution in [3.05, 3.63) is 16.8 Å². The smallest absolute Gasteiger partial charge is 0.167 e. The molecule has 1 saturated heterocycles. The molecule has 2 rings (SSSR count). The van der Waals surface area contributed by atoms with Gasteiger partial charge in [0.2, 0.25) is 0 Å². The minimum absolute atomic E-state index is 0.251. The fourth-order valence-electron chi connectivity index (χ4n) is 2.17. The van der Waals surface area contributed by atoms with Crippen molar-refractivity contribution in [3.63, 3.8) is 0 Å². The predicted octanol–water partition coefficient (Wildman–Crippen LogP) is 1.94. The number of ether oxygens (including phenoxy) is 1. The van der Waals surface area contributed by atoms with E-state index >= 15 is 0 Å². The Balaban J connectivity index is 2.19. The van der Waals surface area contributed by atoms with Gasteiger partial charge in [-0.2, -0.15) is 10.4 Å². The molecule has 0 spiro atoms. The summed E-state index contributed by atoms with van der Waals surface area (Å²) in [5, 5.41) is 20.7. The van der Waals surface area contributed by atoms with Gasteiger partial charge in [0.1, 0.15) is 11.6 Å². The summed E-state index contributed by atoms with van der Waals surface area (Å²) < 4.78 is 5.50. The van der Waals surface area contributed by atoms with Crippen molar-refractivity contribution in [1.29, 1.82) is 5.26 Å². The first-order valence-corrected chi connectivity index (χ1v) is 6.24. The van der Waals surface area contributed by atoms with E-state index in [0.717, 1.165) is 30.7 Å². The van der Waals surface area contributed by atoms with Gasteiger partial charge in [0.05, 0.1) is 11.8 Å². The molecule has 0 saturated carbocycles. The SMILES string of the molecule is Cc1nnc(NC2CCOC(C)C2)c(C#N)c1C. The molecule has 96 valence electrons. The molecule has 1 fully saturated rings. The molecule has 1 aliphatic rings. The van der Waals surface area contributed by atoms with Crippen LogP contribution in [0.1, 0.15) is 36.6 Å². The number of nitrogens with one attached hydrogen (secondary N) is 1. The summed E-state index contributed by atoms with van der Waals surface area (Å²) in [7, 11) is 0. The Kier molecular flexibility index (Phi) is 3.78. The van der Waals surface area contributed by atoms with Gasteiger partial charge in [-0.05, 0) is 39.2 Å². The van der Waals surface area contributed by atoms with Gasteiger partial charge in [0.25, 0.3) is 0 Å². The van der Waals surface area contributed by atoms with E-state index < -0.39 is 0 Å². The second-order valence-corrected chi connectivity index (χ2v) is 4.79. The van der Waals surface area contributed by atoms with E-state index in [2.05, 4.69) is 28.5 Å². The van der Waals surface area contributed by atoms with Crippen molar-refractivity contribution in [3.8, 4) is 6.07 Å². The third-order valence-corrected chi connectivity index (χ3v) is 3.39. The van der Waals surface area contributed by atoms with Crippen LogP contribution in [-0.2, 0) is 4.74 Å². The molecule has 1 aliphatic heterocycles. The number of aromatic nitrogens is 2. The van der Waals surface area contributed by atoms with E-state index in [1.807, 2.05) is 13.8 Å². The highest BCUT2D eigenvalue weighted by atomic mass is 16.5. The Morgan fingerprint density at radius 1 is 1.39 bits per heavy atom. The maximum Gasteiger partial charge on any atom is 0.167 e. The van der Waals surface area contributed by atoms with Crippen LogP contribution in [0.2, 0.25) is 0 Å². The quantitative estimate of drug-likeness (QED) is 0.863. The van der Waals surface area contributed by atoms with Crippen LogP contribution in [0.25, 0.3) is 0 Å². The lowest BCUT2D eigenvalue weighted by atomic mass is 10.0. The molecule has 2 atom stereocenters. The van der Waals surface area contributed by atoms with Gasteiger partial charge in [-0.1, -0.05) is 0 Å². The number of nitrogens with zero attached hydrogens (tertiary/aromatic N) is 3. The van der Waals surface area contributed by atoms with Crippen LogP contribution < -0.4 is 5.32 Å². The predicted molar refractivity (Wildman–Crippen MR) is 68.3 cm³/mol. The maximum absolute atomic E-state index is 9.22. The van der Waals surface area contributed by atoms with Crippen LogP contribution in [0, 0.1) is 25.2 Å². The van der Waals surface area contributed by atoms with Crippen molar-refractivity contribution < 1.29 is 4.74 Å². The van der Waals surface area contributed by atoms with E-state index in [1.54, 1.807) is 0 Å². The minimum atomic E-state index is 0.251. The molecule has 1 N–H and O–H groups in total. The van der Waals surface area contributed by atoms with Crippen molar-refractivity contribution >= 4 is 5.82 Å². The maximum atomic E-state index is 9.22. The monoisotopic (exact) mass is 246 g/mol. The Bertz CT molecular complexity index is 481. The molecule has 0 aromatic carbocycles. The summed E-state index contributed by atoms with van der Waals surface area (Å²) in [6, 6.07) is 2.51. The lowest BCUT2D eigenvalue weighted by Gasteiger charge is -2.28. The van der Waals surface area contributed by atoms with E-state index in [9.17, 15) is 5.26 Å². The van der Waals surface area contributed by atoms with Crippen LogP contribution in [0.3, 0.4) is 0 Å². The van der Waals surface area contributed by atoms with Crippen molar-refractivity contribution in [2.24, 2.45) is 0 Å². The van der Waals surface area contributed by atoms with Gasteiger partial charge in [-0.3, -0.25) is 0 Å². The van der Waals surface area contributed by atoms with Crippen molar-refractivity contribution in [2.75, 3.05) is 11.9 Å². The second kappa shape index (κ2) is 5.32. The third-order valence-electron chi connectivity index (χ3n) is 3.39. The molecule has 0 radical (unpaired) electrons. The van der Waals surface area contributed by atoms with E-state index in [1.165, 1.54) is 0 Å². The van der Waals surface area contributed by atoms with Crippen LogP contribution in [-0.4, -0.2) is 29.0 Å². The molecular weight excluding hydrogens is 228 g/mol. The molecule has 1 aromatic heterocycles. The van der Waals surface area contributed by atoms with Gasteiger partial charge in [0, 0.05) is 12.6 Å². The summed E-state index contributed by atoms with van der Waals surface area (Å²) in [6.45, 7) is 6.58. The highest BCUT2D eigenvalue weighted by molar-refractivity contribution is 5.56. The van der Waals surface area contributed by atoms with Gasteiger partial charge >= 0.3 is 0 Å². The van der Waals surface area contributed by atoms with Crippen LogP contribution in [0.4, 0.5) is 5.82 Å². The van der Waals surface area contributed by atoms with Gasteiger partial charge < -0.3 is 10.1 Å². The number of hydrogen-bond acceptors (Lipinski definition) is 5. The first-order chi connectivity index (χ1) is 8.61. The van der Waals surface area contributed by atoms with Gasteiger partial charge in [-0.15, -0.1) is 5.10 Å². The zero-order valence-electron chi connectivity index (χ0n) is 11.0. The molecule has 5 heteroatoms. The lowest BCUT2D eigenvalue weighted by Crippen LogP contribution is -2.33.